The number of hydrogen-bond donors (Lipinski definition) is 1. The summed E-state index contributed by atoms with van der Waals surface area (Å²) in [6.07, 6.45) is 1.74. The fourth-order valence-corrected chi connectivity index (χ4v) is 3.69. The van der Waals surface area contributed by atoms with E-state index in [4.69, 9.17) is 0 Å². The van der Waals surface area contributed by atoms with Gasteiger partial charge in [-0.3, -0.25) is 4.79 Å². The lowest BCUT2D eigenvalue weighted by Crippen LogP contribution is -2.38. The number of aliphatic hydroxyl groups is 1. The van der Waals surface area contributed by atoms with Crippen molar-refractivity contribution in [3.63, 3.8) is 0 Å². The zero-order valence-electron chi connectivity index (χ0n) is 15.3. The van der Waals surface area contributed by atoms with Gasteiger partial charge in [-0.15, -0.1) is 0 Å². The fourth-order valence-electron chi connectivity index (χ4n) is 3.69. The van der Waals surface area contributed by atoms with Crippen LogP contribution in [0.4, 0.5) is 0 Å². The van der Waals surface area contributed by atoms with E-state index in [1.54, 1.807) is 6.92 Å². The van der Waals surface area contributed by atoms with Crippen molar-refractivity contribution >= 4 is 11.4 Å². The van der Waals surface area contributed by atoms with E-state index < -0.39 is 0 Å². The van der Waals surface area contributed by atoms with Gasteiger partial charge in [-0.25, -0.2) is 0 Å². The highest BCUT2D eigenvalue weighted by atomic mass is 16.3. The lowest BCUT2D eigenvalue weighted by Gasteiger charge is -2.38. The van der Waals surface area contributed by atoms with Crippen molar-refractivity contribution in [3.05, 3.63) is 40.1 Å². The molecule has 1 saturated heterocycles. The summed E-state index contributed by atoms with van der Waals surface area (Å²) in [6.45, 7) is 11.6. The molecule has 0 spiro atoms. The van der Waals surface area contributed by atoms with Gasteiger partial charge < -0.3 is 10.0 Å². The fraction of sp³-hybridized carbons (Fsp3) is 0.550. The van der Waals surface area contributed by atoms with Crippen molar-refractivity contribution < 1.29 is 9.90 Å². The Morgan fingerprint density at radius 1 is 1.13 bits per heavy atom. The molecule has 0 atom stereocenters. The van der Waals surface area contributed by atoms with E-state index >= 15 is 0 Å². The predicted octanol–water partition coefficient (Wildman–Crippen LogP) is 4.20. The smallest absolute Gasteiger partial charge is 0.163 e. The highest BCUT2D eigenvalue weighted by Gasteiger charge is 2.36. The van der Waals surface area contributed by atoms with Crippen molar-refractivity contribution in [1.82, 2.24) is 4.90 Å². The van der Waals surface area contributed by atoms with Gasteiger partial charge in [0.2, 0.25) is 0 Å². The highest BCUT2D eigenvalue weighted by Crippen LogP contribution is 2.41. The normalized spacial score (nSPS) is 19.4. The summed E-state index contributed by atoms with van der Waals surface area (Å²) in [5.74, 6) is 0.214. The van der Waals surface area contributed by atoms with Crippen LogP contribution in [0, 0.1) is 26.2 Å². The molecular formula is C20H29NO2. The van der Waals surface area contributed by atoms with Gasteiger partial charge in [0.1, 0.15) is 5.76 Å². The zero-order valence-corrected chi connectivity index (χ0v) is 15.3. The number of Topliss-reactive ketones (excluding diaryl/α,β-unsaturated/α-hetero) is 1. The number of aryl methyl sites for hydroxylation is 3. The van der Waals surface area contributed by atoms with Crippen molar-refractivity contribution in [2.75, 3.05) is 20.1 Å². The van der Waals surface area contributed by atoms with Crippen LogP contribution in [0.5, 0.6) is 0 Å². The number of benzene rings is 1. The minimum atomic E-state index is -0.322. The molecule has 0 saturated carbocycles. The molecule has 1 aromatic carbocycles. The Labute approximate surface area is 140 Å². The molecule has 0 aliphatic carbocycles. The number of allylic oxidation sites excluding steroid dienone is 2. The molecule has 1 N–H and O–H groups in total. The Kier molecular flexibility index (Phi) is 5.00. The standard InChI is InChI=1S/C20H29NO2/c1-13-11-14(2)17(15(3)12-13)18(16(4)22)19(23)20(5)7-9-21(6)10-8-20/h11-12,23H,7-10H2,1-6H3/b19-18-. The molecule has 0 amide bonds. The van der Waals surface area contributed by atoms with E-state index in [1.807, 2.05) is 13.8 Å². The van der Waals surface area contributed by atoms with Crippen LogP contribution in [0.1, 0.15) is 48.9 Å². The molecule has 1 aliphatic rings. The number of carbonyl (C=O) groups excluding carboxylic acids is 1. The van der Waals surface area contributed by atoms with E-state index in [-0.39, 0.29) is 17.0 Å². The monoisotopic (exact) mass is 315 g/mol. The number of piperidine rings is 1. The molecule has 0 radical (unpaired) electrons. The van der Waals surface area contributed by atoms with Crippen molar-refractivity contribution in [3.8, 4) is 0 Å². The summed E-state index contributed by atoms with van der Waals surface area (Å²) in [5.41, 5.74) is 4.37. The van der Waals surface area contributed by atoms with Crippen LogP contribution < -0.4 is 0 Å². The number of rotatable bonds is 3. The SMILES string of the molecule is CC(=O)/C(=C(/O)C1(C)CCN(C)CC1)c1c(C)cc(C)cc1C. The highest BCUT2D eigenvalue weighted by molar-refractivity contribution is 6.21. The maximum atomic E-state index is 12.4. The summed E-state index contributed by atoms with van der Waals surface area (Å²) < 4.78 is 0. The molecule has 1 fully saturated rings. The zero-order chi connectivity index (χ0) is 17.4. The molecule has 0 unspecified atom stereocenters. The Morgan fingerprint density at radius 2 is 1.61 bits per heavy atom. The second-order valence-electron chi connectivity index (χ2n) is 7.42. The third-order valence-corrected chi connectivity index (χ3v) is 5.18. The number of likely N-dealkylation sites (tertiary alicyclic amines) is 1. The van der Waals surface area contributed by atoms with Crippen molar-refractivity contribution in [2.45, 2.75) is 47.5 Å². The molecule has 1 heterocycles. The van der Waals surface area contributed by atoms with Crippen molar-refractivity contribution in [2.24, 2.45) is 5.41 Å². The van der Waals surface area contributed by atoms with E-state index in [1.165, 1.54) is 5.56 Å². The number of nitrogens with zero attached hydrogens (tertiary/aromatic N) is 1. The molecule has 0 bridgehead atoms. The number of hydrogen-bond acceptors (Lipinski definition) is 3. The molecule has 126 valence electrons. The predicted molar refractivity (Wildman–Crippen MR) is 95.7 cm³/mol. The molecule has 2 rings (SSSR count). The summed E-state index contributed by atoms with van der Waals surface area (Å²) in [4.78, 5) is 14.7. The third-order valence-electron chi connectivity index (χ3n) is 5.18. The molecular weight excluding hydrogens is 286 g/mol. The van der Waals surface area contributed by atoms with Gasteiger partial charge in [0.15, 0.2) is 5.78 Å². The number of carbonyl (C=O) groups is 1. The second kappa shape index (κ2) is 6.48. The lowest BCUT2D eigenvalue weighted by atomic mass is 9.75. The molecule has 3 heteroatoms. The van der Waals surface area contributed by atoms with Crippen LogP contribution in [0.15, 0.2) is 17.9 Å². The van der Waals surface area contributed by atoms with Crippen LogP contribution in [-0.4, -0.2) is 35.9 Å². The molecule has 1 aliphatic heterocycles. The van der Waals surface area contributed by atoms with Crippen LogP contribution in [0.2, 0.25) is 0 Å². The third kappa shape index (κ3) is 3.50. The Morgan fingerprint density at radius 3 is 2.04 bits per heavy atom. The first-order valence-electron chi connectivity index (χ1n) is 8.37. The van der Waals surface area contributed by atoms with Gasteiger partial charge in [-0.05, 0) is 77.4 Å². The first kappa shape index (κ1) is 17.7. The maximum absolute atomic E-state index is 12.4. The largest absolute Gasteiger partial charge is 0.511 e. The maximum Gasteiger partial charge on any atom is 0.163 e. The Bertz CT molecular complexity index is 627. The summed E-state index contributed by atoms with van der Waals surface area (Å²) >= 11 is 0. The Balaban J connectivity index is 2.60. The summed E-state index contributed by atoms with van der Waals surface area (Å²) in [7, 11) is 2.10. The topological polar surface area (TPSA) is 40.5 Å². The number of aliphatic hydroxyl groups excluding tert-OH is 1. The molecule has 1 aromatic rings. The average Bonchev–Trinajstić information content (AvgIpc) is 2.45. The second-order valence-corrected chi connectivity index (χ2v) is 7.42. The number of ketones is 1. The minimum absolute atomic E-state index is 0.0577. The molecule has 23 heavy (non-hydrogen) atoms. The van der Waals surface area contributed by atoms with Crippen molar-refractivity contribution in [1.29, 1.82) is 0 Å². The van der Waals surface area contributed by atoms with Gasteiger partial charge in [-0.2, -0.15) is 0 Å². The first-order valence-corrected chi connectivity index (χ1v) is 8.37. The van der Waals surface area contributed by atoms with E-state index in [9.17, 15) is 9.90 Å². The van der Waals surface area contributed by atoms with Crippen LogP contribution in [0.3, 0.4) is 0 Å². The van der Waals surface area contributed by atoms with Crippen LogP contribution in [0.25, 0.3) is 5.57 Å². The van der Waals surface area contributed by atoms with Crippen LogP contribution in [-0.2, 0) is 4.79 Å². The van der Waals surface area contributed by atoms with Gasteiger partial charge in [0.05, 0.1) is 5.57 Å². The van der Waals surface area contributed by atoms with Gasteiger partial charge >= 0.3 is 0 Å². The summed E-state index contributed by atoms with van der Waals surface area (Å²) in [5, 5.41) is 11.1. The van der Waals surface area contributed by atoms with Crippen LogP contribution >= 0.6 is 0 Å². The van der Waals surface area contributed by atoms with Gasteiger partial charge in [-0.1, -0.05) is 24.6 Å². The lowest BCUT2D eigenvalue weighted by molar-refractivity contribution is -0.112. The minimum Gasteiger partial charge on any atom is -0.511 e. The first-order chi connectivity index (χ1) is 10.7. The average molecular weight is 315 g/mol. The van der Waals surface area contributed by atoms with E-state index in [0.29, 0.717) is 5.57 Å². The van der Waals surface area contributed by atoms with E-state index in [2.05, 4.69) is 37.9 Å². The van der Waals surface area contributed by atoms with E-state index in [0.717, 1.165) is 42.6 Å². The molecule has 0 aromatic heterocycles. The van der Waals surface area contributed by atoms with Gasteiger partial charge in [0, 0.05) is 5.41 Å². The van der Waals surface area contributed by atoms with Gasteiger partial charge in [0.25, 0.3) is 0 Å². The summed E-state index contributed by atoms with van der Waals surface area (Å²) in [6, 6.07) is 4.16. The Hall–Kier alpha value is -1.61. The molecule has 3 nitrogen and oxygen atoms in total. The quantitative estimate of drug-likeness (QED) is 0.671.